The van der Waals surface area contributed by atoms with Crippen molar-refractivity contribution in [1.29, 1.82) is 5.41 Å². The standard InChI is InChI=1S/C24H33N5O/c1-4-30-20-5-6-21(18(3)13-20)24(25)19-8-11-28(12-9-19)23-15-26-10-7-22(23)29-16-17(2)14-27-29/h6-8,14-16,18,20,25-26H,4-5,9-13H2,1-3H3/t18-,20+/m0/s1. The van der Waals surface area contributed by atoms with E-state index in [1.165, 1.54) is 11.1 Å². The van der Waals surface area contributed by atoms with Crippen LogP contribution in [0.15, 0.2) is 53.7 Å². The van der Waals surface area contributed by atoms with E-state index in [9.17, 15) is 0 Å². The summed E-state index contributed by atoms with van der Waals surface area (Å²) >= 11 is 0. The molecule has 0 amide bonds. The summed E-state index contributed by atoms with van der Waals surface area (Å²) in [4.78, 5) is 2.37. The van der Waals surface area contributed by atoms with Gasteiger partial charge < -0.3 is 20.4 Å². The Morgan fingerprint density at radius 1 is 1.30 bits per heavy atom. The Kier molecular flexibility index (Phi) is 6.23. The van der Waals surface area contributed by atoms with Gasteiger partial charge in [-0.2, -0.15) is 5.10 Å². The van der Waals surface area contributed by atoms with Crippen LogP contribution in [-0.2, 0) is 4.74 Å². The van der Waals surface area contributed by atoms with E-state index >= 15 is 0 Å². The Bertz CT molecular complexity index is 920. The molecule has 2 N–H and O–H groups in total. The number of aromatic nitrogens is 2. The number of aryl methyl sites for hydroxylation is 1. The van der Waals surface area contributed by atoms with Gasteiger partial charge in [-0.05, 0) is 61.8 Å². The summed E-state index contributed by atoms with van der Waals surface area (Å²) in [6.45, 7) is 9.63. The summed E-state index contributed by atoms with van der Waals surface area (Å²) < 4.78 is 7.76. The molecular formula is C24H33N5O. The maximum absolute atomic E-state index is 8.81. The maximum atomic E-state index is 8.81. The average molecular weight is 408 g/mol. The first kappa shape index (κ1) is 20.7. The molecule has 6 nitrogen and oxygen atoms in total. The monoisotopic (exact) mass is 407 g/mol. The minimum Gasteiger partial charge on any atom is -0.386 e. The molecule has 3 heterocycles. The molecule has 0 fully saturated rings. The predicted molar refractivity (Wildman–Crippen MR) is 121 cm³/mol. The quantitative estimate of drug-likeness (QED) is 0.702. The summed E-state index contributed by atoms with van der Waals surface area (Å²) in [6.07, 6.45) is 15.8. The highest BCUT2D eigenvalue weighted by molar-refractivity contribution is 6.10. The van der Waals surface area contributed by atoms with Gasteiger partial charge >= 0.3 is 0 Å². The van der Waals surface area contributed by atoms with Gasteiger partial charge in [-0.25, -0.2) is 4.68 Å². The number of hydrogen-bond donors (Lipinski definition) is 2. The molecule has 160 valence electrons. The van der Waals surface area contributed by atoms with E-state index in [0.717, 1.165) is 68.2 Å². The lowest BCUT2D eigenvalue weighted by atomic mass is 9.82. The molecule has 0 bridgehead atoms. The number of nitrogens with zero attached hydrogens (tertiary/aromatic N) is 3. The molecule has 3 aliphatic rings. The van der Waals surface area contributed by atoms with Crippen molar-refractivity contribution in [3.05, 3.63) is 59.2 Å². The van der Waals surface area contributed by atoms with Gasteiger partial charge in [0.25, 0.3) is 0 Å². The topological polar surface area (TPSA) is 66.2 Å². The Morgan fingerprint density at radius 3 is 2.83 bits per heavy atom. The molecule has 6 heteroatoms. The van der Waals surface area contributed by atoms with E-state index in [-0.39, 0.29) is 0 Å². The van der Waals surface area contributed by atoms with Crippen LogP contribution in [0.4, 0.5) is 0 Å². The van der Waals surface area contributed by atoms with Crippen molar-refractivity contribution in [2.75, 3.05) is 26.2 Å². The van der Waals surface area contributed by atoms with Crippen LogP contribution < -0.4 is 5.32 Å². The number of nitrogens with one attached hydrogen (secondary N) is 2. The number of hydrogen-bond acceptors (Lipinski definition) is 5. The van der Waals surface area contributed by atoms with Crippen LogP contribution in [0.5, 0.6) is 0 Å². The first-order valence-corrected chi connectivity index (χ1v) is 11.1. The number of allylic oxidation sites excluding steroid dienone is 2. The lowest BCUT2D eigenvalue weighted by Crippen LogP contribution is -2.34. The SMILES string of the molecule is CCO[C@@H]1CC=C(C(=N)C2=CCN(C3=CNCC=C3n3cc(C)cn3)CC2)[C@@H](C)C1. The van der Waals surface area contributed by atoms with E-state index in [4.69, 9.17) is 10.1 Å². The van der Waals surface area contributed by atoms with Crippen LogP contribution >= 0.6 is 0 Å². The molecule has 1 aromatic rings. The molecule has 4 rings (SSSR count). The van der Waals surface area contributed by atoms with Crippen molar-refractivity contribution in [3.63, 3.8) is 0 Å². The van der Waals surface area contributed by atoms with E-state index < -0.39 is 0 Å². The van der Waals surface area contributed by atoms with Crippen molar-refractivity contribution >= 4 is 11.4 Å². The third-order valence-electron chi connectivity index (χ3n) is 6.18. The third-order valence-corrected chi connectivity index (χ3v) is 6.18. The van der Waals surface area contributed by atoms with Gasteiger partial charge in [0.2, 0.25) is 0 Å². The average Bonchev–Trinajstić information content (AvgIpc) is 3.20. The van der Waals surface area contributed by atoms with Gasteiger partial charge in [0.15, 0.2) is 0 Å². The van der Waals surface area contributed by atoms with Crippen molar-refractivity contribution < 1.29 is 4.74 Å². The first-order chi connectivity index (χ1) is 14.6. The lowest BCUT2D eigenvalue weighted by Gasteiger charge is -2.34. The van der Waals surface area contributed by atoms with Gasteiger partial charge in [-0.15, -0.1) is 0 Å². The van der Waals surface area contributed by atoms with E-state index in [1.54, 1.807) is 0 Å². The predicted octanol–water partition coefficient (Wildman–Crippen LogP) is 3.89. The highest BCUT2D eigenvalue weighted by Gasteiger charge is 2.27. The Labute approximate surface area is 179 Å². The second-order valence-electron chi connectivity index (χ2n) is 8.40. The smallest absolute Gasteiger partial charge is 0.0871 e. The molecule has 0 aromatic carbocycles. The zero-order valence-electron chi connectivity index (χ0n) is 18.3. The van der Waals surface area contributed by atoms with Crippen LogP contribution in [0, 0.1) is 18.3 Å². The summed E-state index contributed by atoms with van der Waals surface area (Å²) in [7, 11) is 0. The third kappa shape index (κ3) is 4.29. The summed E-state index contributed by atoms with van der Waals surface area (Å²) in [5.41, 5.74) is 6.53. The molecule has 0 spiro atoms. The van der Waals surface area contributed by atoms with Crippen LogP contribution in [0.2, 0.25) is 0 Å². The molecule has 0 saturated heterocycles. The summed E-state index contributed by atoms with van der Waals surface area (Å²) in [5.74, 6) is 0.379. The first-order valence-electron chi connectivity index (χ1n) is 11.1. The van der Waals surface area contributed by atoms with Gasteiger partial charge in [0.05, 0.1) is 29.4 Å². The van der Waals surface area contributed by atoms with Gasteiger partial charge in [-0.1, -0.05) is 19.1 Å². The number of ether oxygens (including phenoxy) is 1. The molecule has 0 radical (unpaired) electrons. The van der Waals surface area contributed by atoms with Crippen molar-refractivity contribution in [2.45, 2.75) is 46.1 Å². The van der Waals surface area contributed by atoms with E-state index in [0.29, 0.717) is 12.0 Å². The zero-order chi connectivity index (χ0) is 21.1. The lowest BCUT2D eigenvalue weighted by molar-refractivity contribution is 0.0480. The van der Waals surface area contributed by atoms with E-state index in [1.807, 2.05) is 10.9 Å². The van der Waals surface area contributed by atoms with Crippen LogP contribution in [0.1, 0.15) is 38.7 Å². The van der Waals surface area contributed by atoms with Gasteiger partial charge in [0, 0.05) is 38.6 Å². The van der Waals surface area contributed by atoms with Crippen LogP contribution in [-0.4, -0.2) is 52.7 Å². The molecule has 2 aliphatic heterocycles. The van der Waals surface area contributed by atoms with Gasteiger partial charge in [0.1, 0.15) is 0 Å². The van der Waals surface area contributed by atoms with Crippen molar-refractivity contribution in [3.8, 4) is 0 Å². The highest BCUT2D eigenvalue weighted by Crippen LogP contribution is 2.31. The summed E-state index contributed by atoms with van der Waals surface area (Å²) in [6, 6.07) is 0. The van der Waals surface area contributed by atoms with Crippen molar-refractivity contribution in [2.24, 2.45) is 5.92 Å². The Balaban J connectivity index is 1.44. The summed E-state index contributed by atoms with van der Waals surface area (Å²) in [5, 5.41) is 16.7. The second-order valence-corrected chi connectivity index (χ2v) is 8.40. The number of rotatable bonds is 6. The zero-order valence-corrected chi connectivity index (χ0v) is 18.3. The Hall–Kier alpha value is -2.60. The Morgan fingerprint density at radius 2 is 2.17 bits per heavy atom. The largest absolute Gasteiger partial charge is 0.386 e. The van der Waals surface area contributed by atoms with Gasteiger partial charge in [-0.3, -0.25) is 0 Å². The fourth-order valence-electron chi connectivity index (χ4n) is 4.60. The minimum absolute atomic E-state index is 0.305. The fourth-order valence-corrected chi connectivity index (χ4v) is 4.60. The molecular weight excluding hydrogens is 374 g/mol. The minimum atomic E-state index is 0.305. The second kappa shape index (κ2) is 9.04. The normalized spacial score (nSPS) is 24.4. The molecule has 2 atom stereocenters. The van der Waals surface area contributed by atoms with Crippen molar-refractivity contribution in [1.82, 2.24) is 20.0 Å². The molecule has 1 aromatic heterocycles. The number of dihydropyridines is 1. The molecule has 0 unspecified atom stereocenters. The maximum Gasteiger partial charge on any atom is 0.0871 e. The van der Waals surface area contributed by atoms with Crippen LogP contribution in [0.25, 0.3) is 5.70 Å². The molecule has 30 heavy (non-hydrogen) atoms. The molecule has 0 saturated carbocycles. The van der Waals surface area contributed by atoms with E-state index in [2.05, 4.69) is 66.7 Å². The fraction of sp³-hybridized carbons (Fsp3) is 0.500. The highest BCUT2D eigenvalue weighted by atomic mass is 16.5. The molecule has 1 aliphatic carbocycles. The van der Waals surface area contributed by atoms with Crippen LogP contribution in [0.3, 0.4) is 0 Å².